The standard InChI is InChI=1S/C10H14F3N3S/c1-6(9(2)4-5-9)16(3)8-15-14-7(17-8)10(11,12)13/h6H,4-5H2,1-3H3. The lowest BCUT2D eigenvalue weighted by Gasteiger charge is -2.29. The van der Waals surface area contributed by atoms with Crippen molar-refractivity contribution in [2.75, 3.05) is 11.9 Å². The minimum absolute atomic E-state index is 0.177. The second-order valence-electron chi connectivity index (χ2n) is 4.83. The molecule has 1 atom stereocenters. The predicted molar refractivity (Wildman–Crippen MR) is 60.1 cm³/mol. The van der Waals surface area contributed by atoms with Crippen LogP contribution in [0.15, 0.2) is 0 Å². The second kappa shape index (κ2) is 3.83. The van der Waals surface area contributed by atoms with E-state index >= 15 is 0 Å². The van der Waals surface area contributed by atoms with Gasteiger partial charge in [-0.2, -0.15) is 13.2 Å². The van der Waals surface area contributed by atoms with Crippen molar-refractivity contribution in [2.24, 2.45) is 5.41 Å². The van der Waals surface area contributed by atoms with Crippen molar-refractivity contribution in [2.45, 2.75) is 38.9 Å². The summed E-state index contributed by atoms with van der Waals surface area (Å²) >= 11 is 0.599. The quantitative estimate of drug-likeness (QED) is 0.840. The Bertz CT molecular complexity index is 411. The zero-order valence-electron chi connectivity index (χ0n) is 9.88. The summed E-state index contributed by atoms with van der Waals surface area (Å²) in [6, 6.07) is 0.177. The highest BCUT2D eigenvalue weighted by atomic mass is 32.1. The van der Waals surface area contributed by atoms with Gasteiger partial charge >= 0.3 is 6.18 Å². The van der Waals surface area contributed by atoms with E-state index in [1.807, 2.05) is 6.92 Å². The number of anilines is 1. The first-order valence-corrected chi connectivity index (χ1v) is 6.19. The SMILES string of the molecule is CC(N(C)c1nnc(C(F)(F)F)s1)C1(C)CC1. The lowest BCUT2D eigenvalue weighted by molar-refractivity contribution is -0.138. The average Bonchev–Trinajstić information content (AvgIpc) is 2.81. The maximum Gasteiger partial charge on any atom is 0.445 e. The zero-order chi connectivity index (χ0) is 12.8. The Labute approximate surface area is 102 Å². The molecule has 0 aliphatic heterocycles. The van der Waals surface area contributed by atoms with Gasteiger partial charge in [0.15, 0.2) is 0 Å². The van der Waals surface area contributed by atoms with Crippen LogP contribution in [0.25, 0.3) is 0 Å². The Kier molecular flexibility index (Phi) is 2.84. The summed E-state index contributed by atoms with van der Waals surface area (Å²) in [7, 11) is 1.77. The molecule has 7 heteroatoms. The molecule has 1 fully saturated rings. The fraction of sp³-hybridized carbons (Fsp3) is 0.800. The molecule has 1 unspecified atom stereocenters. The smallest absolute Gasteiger partial charge is 0.346 e. The number of hydrogen-bond acceptors (Lipinski definition) is 4. The Morgan fingerprint density at radius 1 is 1.35 bits per heavy atom. The Morgan fingerprint density at radius 3 is 2.35 bits per heavy atom. The van der Waals surface area contributed by atoms with Gasteiger partial charge in [-0.25, -0.2) is 0 Å². The third-order valence-corrected chi connectivity index (χ3v) is 4.65. The highest BCUT2D eigenvalue weighted by Gasteiger charge is 2.45. The minimum atomic E-state index is -4.40. The van der Waals surface area contributed by atoms with E-state index in [-0.39, 0.29) is 11.5 Å². The number of rotatable bonds is 3. The summed E-state index contributed by atoms with van der Waals surface area (Å²) in [5.41, 5.74) is 0.207. The van der Waals surface area contributed by atoms with Crippen LogP contribution in [0.1, 0.15) is 31.7 Å². The van der Waals surface area contributed by atoms with Crippen LogP contribution in [0.3, 0.4) is 0 Å². The Balaban J connectivity index is 2.15. The molecule has 1 aromatic heterocycles. The van der Waals surface area contributed by atoms with E-state index in [2.05, 4.69) is 17.1 Å². The maximum absolute atomic E-state index is 12.4. The summed E-state index contributed by atoms with van der Waals surface area (Å²) < 4.78 is 37.2. The molecule has 96 valence electrons. The van der Waals surface area contributed by atoms with Gasteiger partial charge in [-0.3, -0.25) is 0 Å². The molecule has 0 spiro atoms. The summed E-state index contributed by atoms with van der Waals surface area (Å²) in [6.45, 7) is 4.15. The highest BCUT2D eigenvalue weighted by molar-refractivity contribution is 7.15. The zero-order valence-corrected chi connectivity index (χ0v) is 10.7. The van der Waals surface area contributed by atoms with Gasteiger partial charge in [0.1, 0.15) is 0 Å². The molecule has 1 aliphatic rings. The Hall–Kier alpha value is -0.850. The Morgan fingerprint density at radius 2 is 1.94 bits per heavy atom. The lowest BCUT2D eigenvalue weighted by Crippen LogP contribution is -2.35. The van der Waals surface area contributed by atoms with Gasteiger partial charge in [0, 0.05) is 13.1 Å². The fourth-order valence-electron chi connectivity index (χ4n) is 1.72. The first-order valence-electron chi connectivity index (χ1n) is 5.37. The summed E-state index contributed by atoms with van der Waals surface area (Å²) in [4.78, 5) is 1.79. The topological polar surface area (TPSA) is 29.0 Å². The number of alkyl halides is 3. The largest absolute Gasteiger partial charge is 0.445 e. The van der Waals surface area contributed by atoms with Crippen molar-refractivity contribution in [3.63, 3.8) is 0 Å². The van der Waals surface area contributed by atoms with E-state index in [0.717, 1.165) is 12.8 Å². The molecule has 0 radical (unpaired) electrons. The summed E-state index contributed by atoms with van der Waals surface area (Å²) in [6.07, 6.45) is -2.17. The van der Waals surface area contributed by atoms with Crippen LogP contribution in [0.5, 0.6) is 0 Å². The highest BCUT2D eigenvalue weighted by Crippen LogP contribution is 2.50. The third kappa shape index (κ3) is 2.38. The molecule has 17 heavy (non-hydrogen) atoms. The number of halogens is 3. The molecule has 1 heterocycles. The molecule has 3 nitrogen and oxygen atoms in total. The van der Waals surface area contributed by atoms with Gasteiger partial charge < -0.3 is 4.90 Å². The van der Waals surface area contributed by atoms with Crippen molar-refractivity contribution in [1.29, 1.82) is 0 Å². The summed E-state index contributed by atoms with van der Waals surface area (Å²) in [5.74, 6) is 0. The van der Waals surface area contributed by atoms with Crippen molar-refractivity contribution in [3.8, 4) is 0 Å². The molecule has 1 saturated carbocycles. The lowest BCUT2D eigenvalue weighted by atomic mass is 10.0. The first kappa shape index (κ1) is 12.6. The first-order chi connectivity index (χ1) is 7.74. The van der Waals surface area contributed by atoms with E-state index in [9.17, 15) is 13.2 Å². The molecule has 0 aromatic carbocycles. The van der Waals surface area contributed by atoms with E-state index < -0.39 is 11.2 Å². The minimum Gasteiger partial charge on any atom is -0.346 e. The molecule has 0 bridgehead atoms. The van der Waals surface area contributed by atoms with Crippen LogP contribution >= 0.6 is 11.3 Å². The van der Waals surface area contributed by atoms with Gasteiger partial charge in [0.05, 0.1) is 0 Å². The van der Waals surface area contributed by atoms with E-state index in [1.165, 1.54) is 0 Å². The van der Waals surface area contributed by atoms with E-state index in [4.69, 9.17) is 0 Å². The van der Waals surface area contributed by atoms with Gasteiger partial charge in [-0.05, 0) is 25.2 Å². The van der Waals surface area contributed by atoms with E-state index in [0.29, 0.717) is 16.5 Å². The van der Waals surface area contributed by atoms with Gasteiger partial charge in [0.2, 0.25) is 10.1 Å². The predicted octanol–water partition coefficient (Wildman–Crippen LogP) is 3.18. The monoisotopic (exact) mass is 265 g/mol. The van der Waals surface area contributed by atoms with Crippen LogP contribution in [0.4, 0.5) is 18.3 Å². The van der Waals surface area contributed by atoms with Crippen LogP contribution in [0, 0.1) is 5.41 Å². The van der Waals surface area contributed by atoms with Gasteiger partial charge in [0.25, 0.3) is 0 Å². The molecular weight excluding hydrogens is 251 g/mol. The van der Waals surface area contributed by atoms with Crippen molar-refractivity contribution in [3.05, 3.63) is 5.01 Å². The van der Waals surface area contributed by atoms with Gasteiger partial charge in [-0.1, -0.05) is 18.3 Å². The number of aromatic nitrogens is 2. The van der Waals surface area contributed by atoms with Gasteiger partial charge in [-0.15, -0.1) is 10.2 Å². The van der Waals surface area contributed by atoms with Crippen LogP contribution in [0.2, 0.25) is 0 Å². The second-order valence-corrected chi connectivity index (χ2v) is 5.78. The molecule has 1 aliphatic carbocycles. The van der Waals surface area contributed by atoms with E-state index in [1.54, 1.807) is 11.9 Å². The van der Waals surface area contributed by atoms with Crippen molar-refractivity contribution in [1.82, 2.24) is 10.2 Å². The molecular formula is C10H14F3N3S. The number of nitrogens with zero attached hydrogens (tertiary/aromatic N) is 3. The molecule has 0 amide bonds. The molecule has 2 rings (SSSR count). The van der Waals surface area contributed by atoms with Crippen LogP contribution in [-0.4, -0.2) is 23.3 Å². The summed E-state index contributed by atoms with van der Waals surface area (Å²) in [5, 5.41) is 6.26. The van der Waals surface area contributed by atoms with Crippen LogP contribution in [-0.2, 0) is 6.18 Å². The molecule has 0 N–H and O–H groups in total. The van der Waals surface area contributed by atoms with Crippen LogP contribution < -0.4 is 4.90 Å². The van der Waals surface area contributed by atoms with Crippen molar-refractivity contribution < 1.29 is 13.2 Å². The number of hydrogen-bond donors (Lipinski definition) is 0. The molecule has 0 saturated heterocycles. The molecule has 1 aromatic rings. The fourth-order valence-corrected chi connectivity index (χ4v) is 2.47. The normalized spacial score (nSPS) is 20.1. The maximum atomic E-state index is 12.4. The average molecular weight is 265 g/mol. The van der Waals surface area contributed by atoms with Crippen molar-refractivity contribution >= 4 is 16.5 Å². The third-order valence-electron chi connectivity index (χ3n) is 3.59.